The highest BCUT2D eigenvalue weighted by Crippen LogP contribution is 2.33. The topological polar surface area (TPSA) is 12.0 Å². The molecule has 1 nitrogen and oxygen atoms in total. The van der Waals surface area contributed by atoms with Gasteiger partial charge in [-0.3, -0.25) is 0 Å². The summed E-state index contributed by atoms with van der Waals surface area (Å²) >= 11 is 8.47. The minimum absolute atomic E-state index is 0.383. The molecule has 0 spiro atoms. The zero-order valence-electron chi connectivity index (χ0n) is 8.69. The van der Waals surface area contributed by atoms with Gasteiger partial charge < -0.3 is 5.32 Å². The van der Waals surface area contributed by atoms with E-state index in [2.05, 4.69) is 21.2 Å². The third-order valence-electron chi connectivity index (χ3n) is 1.90. The molecule has 0 amide bonds. The molecule has 0 radical (unpaired) electrons. The SMILES string of the molecule is FC(F)(F)c1cc(Br)cc(NC/C=C/CCl)c1. The molecule has 17 heavy (non-hydrogen) atoms. The van der Waals surface area contributed by atoms with Crippen LogP contribution in [0.1, 0.15) is 5.56 Å². The van der Waals surface area contributed by atoms with E-state index < -0.39 is 11.7 Å². The summed E-state index contributed by atoms with van der Waals surface area (Å²) in [4.78, 5) is 0. The summed E-state index contributed by atoms with van der Waals surface area (Å²) in [7, 11) is 0. The molecule has 0 aliphatic carbocycles. The summed E-state index contributed by atoms with van der Waals surface area (Å²) in [6.07, 6.45) is -0.870. The monoisotopic (exact) mass is 327 g/mol. The smallest absolute Gasteiger partial charge is 0.382 e. The second kappa shape index (κ2) is 6.31. The Hall–Kier alpha value is -0.680. The fourth-order valence-corrected chi connectivity index (χ4v) is 1.80. The average Bonchev–Trinajstić information content (AvgIpc) is 2.22. The van der Waals surface area contributed by atoms with Crippen molar-refractivity contribution in [3.8, 4) is 0 Å². The van der Waals surface area contributed by atoms with Gasteiger partial charge in [-0.15, -0.1) is 11.6 Å². The van der Waals surface area contributed by atoms with Crippen molar-refractivity contribution in [2.24, 2.45) is 0 Å². The highest BCUT2D eigenvalue weighted by Gasteiger charge is 2.30. The third kappa shape index (κ3) is 5.00. The van der Waals surface area contributed by atoms with E-state index in [4.69, 9.17) is 11.6 Å². The highest BCUT2D eigenvalue weighted by atomic mass is 79.9. The zero-order chi connectivity index (χ0) is 12.9. The van der Waals surface area contributed by atoms with Crippen LogP contribution >= 0.6 is 27.5 Å². The van der Waals surface area contributed by atoms with E-state index in [9.17, 15) is 13.2 Å². The van der Waals surface area contributed by atoms with Crippen molar-refractivity contribution in [1.82, 2.24) is 0 Å². The molecule has 1 N–H and O–H groups in total. The van der Waals surface area contributed by atoms with Crippen LogP contribution in [0.3, 0.4) is 0 Å². The maximum absolute atomic E-state index is 12.5. The molecule has 0 aliphatic rings. The molecule has 0 aromatic heterocycles. The number of anilines is 1. The molecular formula is C11H10BrClF3N. The molecule has 94 valence electrons. The summed E-state index contributed by atoms with van der Waals surface area (Å²) < 4.78 is 37.9. The van der Waals surface area contributed by atoms with Gasteiger partial charge in [-0.2, -0.15) is 13.2 Å². The Labute approximate surface area is 111 Å². The summed E-state index contributed by atoms with van der Waals surface area (Å²) in [5, 5.41) is 2.86. The normalized spacial score (nSPS) is 12.1. The van der Waals surface area contributed by atoms with Crippen LogP contribution in [0.25, 0.3) is 0 Å². The van der Waals surface area contributed by atoms with Gasteiger partial charge in [0, 0.05) is 22.6 Å². The van der Waals surface area contributed by atoms with Gasteiger partial charge in [0.05, 0.1) is 5.56 Å². The first kappa shape index (κ1) is 14.4. The van der Waals surface area contributed by atoms with Gasteiger partial charge in [0.15, 0.2) is 0 Å². The number of rotatable bonds is 4. The van der Waals surface area contributed by atoms with Crippen LogP contribution in [0.2, 0.25) is 0 Å². The van der Waals surface area contributed by atoms with Crippen molar-refractivity contribution >= 4 is 33.2 Å². The molecule has 6 heteroatoms. The molecule has 0 atom stereocenters. The number of benzene rings is 1. The average molecular weight is 329 g/mol. The van der Waals surface area contributed by atoms with Crippen LogP contribution in [0, 0.1) is 0 Å². The summed E-state index contributed by atoms with van der Waals surface area (Å²) in [6, 6.07) is 3.70. The fourth-order valence-electron chi connectivity index (χ4n) is 1.18. The van der Waals surface area contributed by atoms with Crippen LogP contribution in [-0.4, -0.2) is 12.4 Å². The van der Waals surface area contributed by atoms with Crippen molar-refractivity contribution in [1.29, 1.82) is 0 Å². The fraction of sp³-hybridized carbons (Fsp3) is 0.273. The Balaban J connectivity index is 2.79. The Morgan fingerprint density at radius 2 is 1.94 bits per heavy atom. The molecule has 0 heterocycles. The van der Waals surface area contributed by atoms with E-state index in [0.717, 1.165) is 12.1 Å². The third-order valence-corrected chi connectivity index (χ3v) is 2.54. The van der Waals surface area contributed by atoms with Gasteiger partial charge in [-0.25, -0.2) is 0 Å². The minimum atomic E-state index is -4.34. The van der Waals surface area contributed by atoms with E-state index >= 15 is 0 Å². The molecule has 0 saturated heterocycles. The van der Waals surface area contributed by atoms with Gasteiger partial charge in [0.2, 0.25) is 0 Å². The summed E-state index contributed by atoms with van der Waals surface area (Å²) in [5.74, 6) is 0.383. The molecule has 1 aromatic carbocycles. The largest absolute Gasteiger partial charge is 0.416 e. The predicted octanol–water partition coefficient (Wildman–Crippen LogP) is 4.67. The van der Waals surface area contributed by atoms with E-state index in [0.29, 0.717) is 22.6 Å². The first-order valence-corrected chi connectivity index (χ1v) is 6.09. The Kier molecular flexibility index (Phi) is 5.33. The number of hydrogen-bond acceptors (Lipinski definition) is 1. The number of hydrogen-bond donors (Lipinski definition) is 1. The van der Waals surface area contributed by atoms with Crippen molar-refractivity contribution in [2.75, 3.05) is 17.7 Å². The lowest BCUT2D eigenvalue weighted by Gasteiger charge is -2.10. The predicted molar refractivity (Wildman–Crippen MR) is 67.5 cm³/mol. The van der Waals surface area contributed by atoms with Crippen LogP contribution in [0.5, 0.6) is 0 Å². The number of halogens is 5. The van der Waals surface area contributed by atoms with Gasteiger partial charge >= 0.3 is 6.18 Å². The van der Waals surface area contributed by atoms with Crippen molar-refractivity contribution in [2.45, 2.75) is 6.18 Å². The maximum Gasteiger partial charge on any atom is 0.416 e. The van der Waals surface area contributed by atoms with Crippen molar-refractivity contribution in [3.63, 3.8) is 0 Å². The highest BCUT2D eigenvalue weighted by molar-refractivity contribution is 9.10. The molecular weight excluding hydrogens is 318 g/mol. The molecule has 0 bridgehead atoms. The van der Waals surface area contributed by atoms with E-state index in [-0.39, 0.29) is 0 Å². The van der Waals surface area contributed by atoms with E-state index in [1.165, 1.54) is 0 Å². The standard InChI is InChI=1S/C11H10BrClF3N/c12-9-5-8(11(14,15)16)6-10(7-9)17-4-2-1-3-13/h1-2,5-7,17H,3-4H2/b2-1+. The summed E-state index contributed by atoms with van der Waals surface area (Å²) in [6.45, 7) is 0.431. The molecule has 0 unspecified atom stereocenters. The molecule has 1 aromatic rings. The number of alkyl halides is 4. The van der Waals surface area contributed by atoms with Crippen LogP contribution in [0.15, 0.2) is 34.8 Å². The Morgan fingerprint density at radius 1 is 1.24 bits per heavy atom. The van der Waals surface area contributed by atoms with E-state index in [1.54, 1.807) is 18.2 Å². The van der Waals surface area contributed by atoms with Gasteiger partial charge in [-0.05, 0) is 18.2 Å². The molecule has 1 rings (SSSR count). The number of nitrogens with one attached hydrogen (secondary N) is 1. The van der Waals surface area contributed by atoms with Gasteiger partial charge in [0.1, 0.15) is 0 Å². The molecule has 0 fully saturated rings. The van der Waals surface area contributed by atoms with Crippen molar-refractivity contribution in [3.05, 3.63) is 40.4 Å². The van der Waals surface area contributed by atoms with Gasteiger partial charge in [-0.1, -0.05) is 28.1 Å². The van der Waals surface area contributed by atoms with E-state index in [1.807, 2.05) is 0 Å². The Morgan fingerprint density at radius 3 is 2.53 bits per heavy atom. The maximum atomic E-state index is 12.5. The quantitative estimate of drug-likeness (QED) is 0.625. The van der Waals surface area contributed by atoms with Crippen LogP contribution in [-0.2, 0) is 6.18 Å². The van der Waals surface area contributed by atoms with Crippen molar-refractivity contribution < 1.29 is 13.2 Å². The van der Waals surface area contributed by atoms with Crippen LogP contribution in [0.4, 0.5) is 18.9 Å². The zero-order valence-corrected chi connectivity index (χ0v) is 11.0. The summed E-state index contributed by atoms with van der Waals surface area (Å²) in [5.41, 5.74) is -0.276. The second-order valence-corrected chi connectivity index (χ2v) is 4.46. The minimum Gasteiger partial charge on any atom is -0.382 e. The lowest BCUT2D eigenvalue weighted by atomic mass is 10.2. The Bertz CT molecular complexity index is 404. The molecule has 0 saturated carbocycles. The molecule has 0 aliphatic heterocycles. The van der Waals surface area contributed by atoms with Crippen LogP contribution < -0.4 is 5.32 Å². The lowest BCUT2D eigenvalue weighted by Crippen LogP contribution is -2.06. The second-order valence-electron chi connectivity index (χ2n) is 3.23. The van der Waals surface area contributed by atoms with Gasteiger partial charge in [0.25, 0.3) is 0 Å². The first-order chi connectivity index (χ1) is 7.93. The lowest BCUT2D eigenvalue weighted by molar-refractivity contribution is -0.137. The first-order valence-electron chi connectivity index (χ1n) is 4.76. The number of allylic oxidation sites excluding steroid dienone is 1.